The summed E-state index contributed by atoms with van der Waals surface area (Å²) < 4.78 is 74.3. The van der Waals surface area contributed by atoms with Crippen molar-refractivity contribution in [3.63, 3.8) is 0 Å². The maximum atomic E-state index is 7.21. The van der Waals surface area contributed by atoms with Crippen molar-refractivity contribution in [1.29, 1.82) is 0 Å². The van der Waals surface area contributed by atoms with Crippen LogP contribution in [0.25, 0.3) is 0 Å². The van der Waals surface area contributed by atoms with Gasteiger partial charge in [-0.3, -0.25) is 0 Å². The molecule has 2 saturated heterocycles. The van der Waals surface area contributed by atoms with Crippen molar-refractivity contribution in [2.75, 3.05) is 27.4 Å². The average Bonchev–Trinajstić information content (AvgIpc) is 3.46. The molecular weight excluding hydrogens is 953 g/mol. The van der Waals surface area contributed by atoms with Crippen LogP contribution in [0.4, 0.5) is 0 Å². The second kappa shape index (κ2) is 28.3. The molecule has 11 nitrogen and oxygen atoms in total. The summed E-state index contributed by atoms with van der Waals surface area (Å²) in [7, 11) is 3.28. The van der Waals surface area contributed by atoms with Gasteiger partial charge in [-0.05, 0) is 57.6 Å². The number of benzene rings is 7. The summed E-state index contributed by atoms with van der Waals surface area (Å²) in [5, 5.41) is -0.476. The van der Waals surface area contributed by atoms with Gasteiger partial charge in [0.25, 0.3) is 0 Å². The third-order valence-electron chi connectivity index (χ3n) is 13.0. The summed E-state index contributed by atoms with van der Waals surface area (Å²) in [5.41, 5.74) is 6.09. The van der Waals surface area contributed by atoms with E-state index in [9.17, 15) is 0 Å². The number of hydrogen-bond donors (Lipinski definition) is 0. The number of methoxy groups -OCH3 is 2. The third-order valence-corrected chi connectivity index (χ3v) is 14.3. The Morgan fingerprint density at radius 2 is 0.716 bits per heavy atom. The lowest BCUT2D eigenvalue weighted by Crippen LogP contribution is -2.63. The fraction of sp³-hybridized carbons (Fsp3) is 0.323. The predicted octanol–water partition coefficient (Wildman–Crippen LogP) is 11.4. The standard InChI is InChI=1S/C62H66O11S/c1-63-51-33-35-52(36-34-51)74-60-58(69-41-49-29-17-7-18-30-49)56(67-39-47-25-13-5-14-26-47)53(43-65-37-45-21-9-3-10-22-45)73-62(60)71-44-54-55(66-38-46-23-11-4-12-24-46)57(68-40-48-27-15-6-16-28-48)59(61(64-2)72-54)70-42-50-31-19-8-20-32-50/h3-36,53-62H,37-44H2,1-2H3/t53-,54-,55-,56-,57+,58+,59-,60-,61+,62-/m1/s1. The van der Waals surface area contributed by atoms with Gasteiger partial charge in [0.2, 0.25) is 0 Å². The van der Waals surface area contributed by atoms with Crippen LogP contribution in [-0.4, -0.2) is 88.0 Å². The number of rotatable bonds is 26. The van der Waals surface area contributed by atoms with Crippen LogP contribution in [0.3, 0.4) is 0 Å². The van der Waals surface area contributed by atoms with E-state index in [2.05, 4.69) is 24.3 Å². The van der Waals surface area contributed by atoms with Gasteiger partial charge < -0.3 is 52.1 Å². The highest BCUT2D eigenvalue weighted by molar-refractivity contribution is 8.00. The molecule has 2 aliphatic rings. The van der Waals surface area contributed by atoms with Crippen molar-refractivity contribution in [2.24, 2.45) is 0 Å². The first-order chi connectivity index (χ1) is 36.6. The van der Waals surface area contributed by atoms with Gasteiger partial charge in [-0.1, -0.05) is 182 Å². The van der Waals surface area contributed by atoms with E-state index < -0.39 is 60.6 Å². The van der Waals surface area contributed by atoms with Crippen LogP contribution >= 0.6 is 11.8 Å². The van der Waals surface area contributed by atoms with Gasteiger partial charge >= 0.3 is 0 Å². The Morgan fingerprint density at radius 3 is 1.15 bits per heavy atom. The smallest absolute Gasteiger partial charge is 0.186 e. The summed E-state index contributed by atoms with van der Waals surface area (Å²) in [4.78, 5) is 0.965. The van der Waals surface area contributed by atoms with E-state index in [0.717, 1.165) is 44.0 Å². The zero-order chi connectivity index (χ0) is 50.6. The van der Waals surface area contributed by atoms with E-state index in [-0.39, 0.29) is 19.8 Å². The Hall–Kier alpha value is -5.71. The fourth-order valence-corrected chi connectivity index (χ4v) is 10.4. The summed E-state index contributed by atoms with van der Waals surface area (Å²) in [6.45, 7) is 2.14. The third kappa shape index (κ3) is 15.2. The second-order valence-electron chi connectivity index (χ2n) is 18.2. The van der Waals surface area contributed by atoms with Crippen LogP contribution in [0.5, 0.6) is 5.75 Å². The summed E-state index contributed by atoms with van der Waals surface area (Å²) >= 11 is 1.60. The molecule has 0 amide bonds. The summed E-state index contributed by atoms with van der Waals surface area (Å²) in [6.07, 6.45) is -6.27. The lowest BCUT2D eigenvalue weighted by Gasteiger charge is -2.48. The van der Waals surface area contributed by atoms with Crippen molar-refractivity contribution >= 4 is 11.8 Å². The van der Waals surface area contributed by atoms with Gasteiger partial charge in [-0.25, -0.2) is 0 Å². The highest BCUT2D eigenvalue weighted by Gasteiger charge is 2.52. The Kier molecular flexibility index (Phi) is 20.3. The zero-order valence-corrected chi connectivity index (χ0v) is 42.8. The molecule has 0 saturated carbocycles. The van der Waals surface area contributed by atoms with Crippen molar-refractivity contribution in [3.05, 3.63) is 240 Å². The molecule has 2 heterocycles. The fourth-order valence-electron chi connectivity index (χ4n) is 9.13. The Bertz CT molecular complexity index is 2620. The molecule has 0 N–H and O–H groups in total. The minimum atomic E-state index is -0.875. The van der Waals surface area contributed by atoms with Gasteiger partial charge in [-0.15, -0.1) is 11.8 Å². The van der Waals surface area contributed by atoms with E-state index in [1.807, 2.05) is 182 Å². The predicted molar refractivity (Wildman–Crippen MR) is 284 cm³/mol. The second-order valence-corrected chi connectivity index (χ2v) is 19.5. The molecule has 2 fully saturated rings. The van der Waals surface area contributed by atoms with Crippen molar-refractivity contribution in [3.8, 4) is 5.75 Å². The molecule has 0 aliphatic carbocycles. The Morgan fingerprint density at radius 1 is 0.351 bits per heavy atom. The maximum Gasteiger partial charge on any atom is 0.186 e. The molecular formula is C62H66O11S. The number of ether oxygens (including phenoxy) is 11. The minimum absolute atomic E-state index is 0.0266. The van der Waals surface area contributed by atoms with Crippen molar-refractivity contribution in [1.82, 2.24) is 0 Å². The van der Waals surface area contributed by atoms with E-state index in [1.54, 1.807) is 26.0 Å². The van der Waals surface area contributed by atoms with E-state index >= 15 is 0 Å². The maximum absolute atomic E-state index is 7.21. The average molecular weight is 1020 g/mol. The highest BCUT2D eigenvalue weighted by atomic mass is 32.2. The normalized spacial score (nSPS) is 23.8. The molecule has 0 unspecified atom stereocenters. The molecule has 10 atom stereocenters. The van der Waals surface area contributed by atoms with Crippen LogP contribution in [0, 0.1) is 0 Å². The molecule has 2 aliphatic heterocycles. The van der Waals surface area contributed by atoms with Gasteiger partial charge in [0.1, 0.15) is 48.5 Å². The molecule has 7 aromatic carbocycles. The van der Waals surface area contributed by atoms with E-state index in [0.29, 0.717) is 33.0 Å². The van der Waals surface area contributed by atoms with E-state index in [1.165, 1.54) is 0 Å². The van der Waals surface area contributed by atoms with Crippen molar-refractivity contribution in [2.45, 2.75) is 105 Å². The SMILES string of the molecule is COc1ccc(S[C@H]2[C@H](OC[C@H]3O[C@H](OC)[C@H](OCc4ccccc4)[C@@H](OCc4ccccc4)[C@@H]3OCc3ccccc3)O[C@H](COCc3ccccc3)[C@@H](OCc3ccccc3)[C@@H]2OCc2ccccc2)cc1. The zero-order valence-electron chi connectivity index (χ0n) is 42.0. The van der Waals surface area contributed by atoms with E-state index in [4.69, 9.17) is 52.1 Å². The molecule has 7 aromatic rings. The first-order valence-electron chi connectivity index (χ1n) is 25.3. The monoisotopic (exact) mass is 1020 g/mol. The van der Waals surface area contributed by atoms with Crippen LogP contribution in [0.15, 0.2) is 211 Å². The molecule has 386 valence electrons. The Balaban J connectivity index is 1.06. The molecule has 12 heteroatoms. The first-order valence-corrected chi connectivity index (χ1v) is 26.1. The molecule has 0 aromatic heterocycles. The quantitative estimate of drug-likeness (QED) is 0.0516. The molecule has 74 heavy (non-hydrogen) atoms. The first kappa shape index (κ1) is 53.1. The highest BCUT2D eigenvalue weighted by Crippen LogP contribution is 2.40. The number of thioether (sulfide) groups is 1. The van der Waals surface area contributed by atoms with Crippen LogP contribution in [0.1, 0.15) is 33.4 Å². The van der Waals surface area contributed by atoms with Crippen molar-refractivity contribution < 1.29 is 52.1 Å². The summed E-state index contributed by atoms with van der Waals surface area (Å²) in [5.74, 6) is 0.748. The molecule has 0 bridgehead atoms. The van der Waals surface area contributed by atoms with Gasteiger partial charge in [0.05, 0.1) is 65.2 Å². The molecule has 0 spiro atoms. The lowest BCUT2D eigenvalue weighted by molar-refractivity contribution is -0.334. The van der Waals surface area contributed by atoms with Crippen LogP contribution in [-0.2, 0) is 87.0 Å². The number of hydrogen-bond acceptors (Lipinski definition) is 12. The Labute approximate surface area is 439 Å². The topological polar surface area (TPSA) is 102 Å². The lowest BCUT2D eigenvalue weighted by atomic mass is 9.97. The van der Waals surface area contributed by atoms with Gasteiger partial charge in [-0.2, -0.15) is 0 Å². The molecule has 0 radical (unpaired) electrons. The minimum Gasteiger partial charge on any atom is -0.497 e. The van der Waals surface area contributed by atoms with Gasteiger partial charge in [0, 0.05) is 12.0 Å². The summed E-state index contributed by atoms with van der Waals surface area (Å²) in [6, 6.07) is 68.6. The van der Waals surface area contributed by atoms with Gasteiger partial charge in [0.15, 0.2) is 12.6 Å². The molecule has 9 rings (SSSR count). The van der Waals surface area contributed by atoms with Crippen LogP contribution < -0.4 is 4.74 Å². The van der Waals surface area contributed by atoms with Crippen LogP contribution in [0.2, 0.25) is 0 Å². The largest absolute Gasteiger partial charge is 0.497 e.